The van der Waals surface area contributed by atoms with Crippen LogP contribution in [-0.4, -0.2) is 65.9 Å². The van der Waals surface area contributed by atoms with Crippen LogP contribution in [-0.2, 0) is 37.8 Å². The Morgan fingerprint density at radius 1 is 1.14 bits per heavy atom. The zero-order valence-electron chi connectivity index (χ0n) is 18.5. The van der Waals surface area contributed by atoms with Gasteiger partial charge in [-0.3, -0.25) is 14.4 Å². The summed E-state index contributed by atoms with van der Waals surface area (Å²) in [6, 6.07) is 0. The van der Waals surface area contributed by atoms with Crippen molar-refractivity contribution in [1.29, 1.82) is 0 Å². The molecular weight excluding hydrogens is 396 g/mol. The van der Waals surface area contributed by atoms with E-state index in [9.17, 15) is 14.4 Å². The Labute approximate surface area is 173 Å². The van der Waals surface area contributed by atoms with E-state index in [4.69, 9.17) is 23.4 Å². The number of ketones is 1. The monoisotopic (exact) mass is 430 g/mol. The third kappa shape index (κ3) is 4.90. The topological polar surface area (TPSA) is 97.4 Å². The van der Waals surface area contributed by atoms with Gasteiger partial charge >= 0.3 is 11.9 Å². The van der Waals surface area contributed by atoms with Crippen LogP contribution in [0.3, 0.4) is 0 Å². The largest absolute Gasteiger partial charge is 0.468 e. The maximum Gasteiger partial charge on any atom is 0.320 e. The van der Waals surface area contributed by atoms with E-state index >= 15 is 0 Å². The van der Waals surface area contributed by atoms with E-state index in [2.05, 4.69) is 33.9 Å². The van der Waals surface area contributed by atoms with Crippen molar-refractivity contribution in [2.75, 3.05) is 34.0 Å². The molecule has 1 heterocycles. The summed E-state index contributed by atoms with van der Waals surface area (Å²) in [4.78, 5) is 37.6. The highest BCUT2D eigenvalue weighted by Crippen LogP contribution is 2.46. The average Bonchev–Trinajstić information content (AvgIpc) is 3.11. The van der Waals surface area contributed by atoms with Gasteiger partial charge in [-0.05, 0) is 18.1 Å². The highest BCUT2D eigenvalue weighted by atomic mass is 28.4. The van der Waals surface area contributed by atoms with Gasteiger partial charge in [0.2, 0.25) is 0 Å². The smallest absolute Gasteiger partial charge is 0.320 e. The van der Waals surface area contributed by atoms with Gasteiger partial charge in [0.05, 0.1) is 27.4 Å². The first-order valence-electron chi connectivity index (χ1n) is 9.99. The second kappa shape index (κ2) is 8.83. The van der Waals surface area contributed by atoms with Crippen molar-refractivity contribution in [3.05, 3.63) is 0 Å². The van der Waals surface area contributed by atoms with Crippen molar-refractivity contribution >= 4 is 26.0 Å². The lowest BCUT2D eigenvalue weighted by Crippen LogP contribution is -2.55. The van der Waals surface area contributed by atoms with Gasteiger partial charge in [-0.15, -0.1) is 0 Å². The van der Waals surface area contributed by atoms with Gasteiger partial charge in [0.15, 0.2) is 20.0 Å². The van der Waals surface area contributed by atoms with Crippen LogP contribution in [0.4, 0.5) is 0 Å². The fourth-order valence-electron chi connectivity index (χ4n) is 3.68. The minimum absolute atomic E-state index is 0.0200. The van der Waals surface area contributed by atoms with E-state index in [-0.39, 0.29) is 30.3 Å². The van der Waals surface area contributed by atoms with Crippen LogP contribution < -0.4 is 0 Å². The lowest BCUT2D eigenvalue weighted by Gasteiger charge is -2.44. The number of Topliss-reactive ketones (excluding diaryl/α,β-unsaturated/α-hetero) is 1. The minimum Gasteiger partial charge on any atom is -0.468 e. The van der Waals surface area contributed by atoms with Gasteiger partial charge in [-0.2, -0.15) is 0 Å². The van der Waals surface area contributed by atoms with Crippen LogP contribution in [0.5, 0.6) is 0 Å². The van der Waals surface area contributed by atoms with Crippen LogP contribution >= 0.6 is 0 Å². The molecule has 2 unspecified atom stereocenters. The van der Waals surface area contributed by atoms with E-state index in [1.165, 1.54) is 14.2 Å². The number of methoxy groups -OCH3 is 2. The summed E-state index contributed by atoms with van der Waals surface area (Å²) in [5.74, 6) is -5.31. The van der Waals surface area contributed by atoms with Crippen molar-refractivity contribution in [2.24, 2.45) is 17.8 Å². The van der Waals surface area contributed by atoms with Crippen LogP contribution in [0.1, 0.15) is 33.6 Å². The summed E-state index contributed by atoms with van der Waals surface area (Å²) in [5.41, 5.74) is 0. The summed E-state index contributed by atoms with van der Waals surface area (Å²) < 4.78 is 27.7. The van der Waals surface area contributed by atoms with Gasteiger partial charge < -0.3 is 23.4 Å². The molecule has 0 bridgehead atoms. The molecule has 0 N–H and O–H groups in total. The molecule has 9 heteroatoms. The normalized spacial score (nSPS) is 24.8. The van der Waals surface area contributed by atoms with Gasteiger partial charge in [0, 0.05) is 31.3 Å². The number of rotatable bonds is 6. The Kier molecular flexibility index (Phi) is 7.30. The first-order chi connectivity index (χ1) is 13.4. The summed E-state index contributed by atoms with van der Waals surface area (Å²) in [6.07, 6.45) is 0.190. The first-order valence-corrected chi connectivity index (χ1v) is 12.9. The summed E-state index contributed by atoms with van der Waals surface area (Å²) in [5, 5.41) is 0.0200. The number of carbonyl (C=O) groups is 3. The minimum atomic E-state index is -2.04. The standard InChI is InChI=1S/C20H34O8Si/c1-19(2,3)29(6,7)28-12-13-11-20(26-8-9-27-20)14(10-15(13)21)16(17(22)24-4)18(23)25-5/h13-14,16H,8-12H2,1-7H3. The predicted octanol–water partition coefficient (Wildman–Crippen LogP) is 2.31. The molecule has 2 atom stereocenters. The Balaban J connectivity index is 2.26. The number of esters is 2. The van der Waals surface area contributed by atoms with Crippen molar-refractivity contribution in [2.45, 2.75) is 57.5 Å². The molecule has 1 saturated heterocycles. The highest BCUT2D eigenvalue weighted by Gasteiger charge is 2.58. The zero-order chi connectivity index (χ0) is 22.0. The lowest BCUT2D eigenvalue weighted by atomic mass is 9.70. The van der Waals surface area contributed by atoms with E-state index in [1.807, 2.05) is 0 Å². The Bertz CT molecular complexity index is 617. The predicted molar refractivity (Wildman–Crippen MR) is 107 cm³/mol. The summed E-state index contributed by atoms with van der Waals surface area (Å²) in [6.45, 7) is 11.6. The van der Waals surface area contributed by atoms with Gasteiger partial charge in [-0.25, -0.2) is 0 Å². The van der Waals surface area contributed by atoms with Gasteiger partial charge in [0.1, 0.15) is 5.78 Å². The van der Waals surface area contributed by atoms with Crippen LogP contribution in [0, 0.1) is 17.8 Å². The highest BCUT2D eigenvalue weighted by molar-refractivity contribution is 6.74. The molecule has 1 aliphatic heterocycles. The van der Waals surface area contributed by atoms with Crippen molar-refractivity contribution in [1.82, 2.24) is 0 Å². The van der Waals surface area contributed by atoms with Gasteiger partial charge in [-0.1, -0.05) is 20.8 Å². The average molecular weight is 431 g/mol. The maximum absolute atomic E-state index is 13.0. The van der Waals surface area contributed by atoms with Crippen LogP contribution in [0.2, 0.25) is 18.1 Å². The molecule has 29 heavy (non-hydrogen) atoms. The third-order valence-corrected chi connectivity index (χ3v) is 11.0. The fraction of sp³-hybridized carbons (Fsp3) is 0.850. The second-order valence-corrected chi connectivity index (χ2v) is 14.1. The fourth-order valence-corrected chi connectivity index (χ4v) is 4.73. The van der Waals surface area contributed by atoms with E-state index in [0.717, 1.165) is 0 Å². The number of hydrogen-bond donors (Lipinski definition) is 0. The molecular formula is C20H34O8Si. The maximum atomic E-state index is 13.0. The van der Waals surface area contributed by atoms with Gasteiger partial charge in [0.25, 0.3) is 0 Å². The van der Waals surface area contributed by atoms with Crippen LogP contribution in [0.25, 0.3) is 0 Å². The van der Waals surface area contributed by atoms with Crippen molar-refractivity contribution < 1.29 is 37.8 Å². The molecule has 1 saturated carbocycles. The van der Waals surface area contributed by atoms with Crippen LogP contribution in [0.15, 0.2) is 0 Å². The summed E-state index contributed by atoms with van der Waals surface area (Å²) in [7, 11) is 0.355. The third-order valence-electron chi connectivity index (χ3n) is 6.51. The Hall–Kier alpha value is -1.29. The van der Waals surface area contributed by atoms with Crippen molar-refractivity contribution in [3.63, 3.8) is 0 Å². The molecule has 166 valence electrons. The molecule has 1 spiro atoms. The molecule has 1 aliphatic carbocycles. The quantitative estimate of drug-likeness (QED) is 0.360. The molecule has 2 rings (SSSR count). The molecule has 0 aromatic carbocycles. The second-order valence-electron chi connectivity index (χ2n) is 9.28. The molecule has 0 aromatic rings. The zero-order valence-corrected chi connectivity index (χ0v) is 19.5. The number of hydrogen-bond acceptors (Lipinski definition) is 8. The Morgan fingerprint density at radius 2 is 1.66 bits per heavy atom. The van der Waals surface area contributed by atoms with Crippen molar-refractivity contribution in [3.8, 4) is 0 Å². The summed E-state index contributed by atoms with van der Waals surface area (Å²) >= 11 is 0. The molecule has 0 amide bonds. The van der Waals surface area contributed by atoms with E-state index < -0.39 is 43.8 Å². The Morgan fingerprint density at radius 3 is 2.10 bits per heavy atom. The van der Waals surface area contributed by atoms with E-state index in [0.29, 0.717) is 13.2 Å². The SMILES string of the molecule is COC(=O)C(C(=O)OC)C1CC(=O)C(CO[Si](C)(C)C(C)(C)C)CC12OCCO2. The molecule has 8 nitrogen and oxygen atoms in total. The number of carbonyl (C=O) groups excluding carboxylic acids is 3. The lowest BCUT2D eigenvalue weighted by molar-refractivity contribution is -0.235. The van der Waals surface area contributed by atoms with E-state index in [1.54, 1.807) is 0 Å². The first kappa shape index (κ1) is 24.0. The molecule has 0 aromatic heterocycles. The molecule has 0 radical (unpaired) electrons. The number of ether oxygens (including phenoxy) is 4. The molecule has 2 fully saturated rings. The molecule has 2 aliphatic rings.